The normalized spacial score (nSPS) is 14.6. The summed E-state index contributed by atoms with van der Waals surface area (Å²) in [6, 6.07) is 10.5. The number of hydrogen-bond acceptors (Lipinski definition) is 6. The Labute approximate surface area is 178 Å². The van der Waals surface area contributed by atoms with Gasteiger partial charge in [0.2, 0.25) is 5.91 Å². The second-order valence-electron chi connectivity index (χ2n) is 7.42. The van der Waals surface area contributed by atoms with Crippen LogP contribution in [0.1, 0.15) is 16.7 Å². The van der Waals surface area contributed by atoms with E-state index in [4.69, 9.17) is 4.98 Å². The molecule has 1 aliphatic heterocycles. The number of nitro benzene ring substituents is 1. The van der Waals surface area contributed by atoms with E-state index < -0.39 is 4.92 Å². The van der Waals surface area contributed by atoms with Crippen LogP contribution in [0, 0.1) is 24.0 Å². The quantitative estimate of drug-likeness (QED) is 0.358. The largest absolute Gasteiger partial charge is 0.345 e. The first-order valence-corrected chi connectivity index (χ1v) is 10.6. The first-order valence-electron chi connectivity index (χ1n) is 9.75. The number of anilines is 1. The number of non-ortho nitro benzene ring substituents is 1. The highest BCUT2D eigenvalue weighted by Gasteiger charge is 2.22. The van der Waals surface area contributed by atoms with E-state index in [-0.39, 0.29) is 11.6 Å². The number of carbonyl (C=O) groups excluding carboxylic acids is 1. The van der Waals surface area contributed by atoms with Crippen molar-refractivity contribution >= 4 is 44.4 Å². The molecule has 0 spiro atoms. The Morgan fingerprint density at radius 3 is 2.67 bits per heavy atom. The highest BCUT2D eigenvalue weighted by molar-refractivity contribution is 7.22. The van der Waals surface area contributed by atoms with Gasteiger partial charge in [0, 0.05) is 44.4 Å². The van der Waals surface area contributed by atoms with Crippen LogP contribution < -0.4 is 4.90 Å². The maximum atomic E-state index is 12.5. The molecule has 0 saturated carbocycles. The zero-order chi connectivity index (χ0) is 21.3. The predicted octanol–water partition coefficient (Wildman–Crippen LogP) is 4.18. The van der Waals surface area contributed by atoms with Crippen molar-refractivity contribution in [2.75, 3.05) is 31.1 Å². The smallest absolute Gasteiger partial charge is 0.270 e. The third kappa shape index (κ3) is 4.18. The van der Waals surface area contributed by atoms with Gasteiger partial charge in [0.25, 0.3) is 5.69 Å². The molecular weight excluding hydrogens is 400 g/mol. The van der Waals surface area contributed by atoms with Crippen LogP contribution in [-0.2, 0) is 4.79 Å². The molecule has 0 bridgehead atoms. The molecule has 1 saturated heterocycles. The maximum absolute atomic E-state index is 12.5. The summed E-state index contributed by atoms with van der Waals surface area (Å²) in [5, 5.41) is 11.9. The maximum Gasteiger partial charge on any atom is 0.270 e. The molecule has 4 rings (SSSR count). The van der Waals surface area contributed by atoms with Crippen LogP contribution in [0.2, 0.25) is 0 Å². The summed E-state index contributed by atoms with van der Waals surface area (Å²) in [5.74, 6) is -0.0862. The van der Waals surface area contributed by atoms with Crippen LogP contribution in [0.3, 0.4) is 0 Å². The Balaban J connectivity index is 1.39. The number of amides is 1. The van der Waals surface area contributed by atoms with Gasteiger partial charge < -0.3 is 9.80 Å². The Morgan fingerprint density at radius 2 is 1.93 bits per heavy atom. The summed E-state index contributed by atoms with van der Waals surface area (Å²) in [5.41, 5.74) is 4.14. The summed E-state index contributed by atoms with van der Waals surface area (Å²) in [7, 11) is 0. The number of benzene rings is 2. The zero-order valence-electron chi connectivity index (χ0n) is 16.9. The second-order valence-corrected chi connectivity index (χ2v) is 8.40. The monoisotopic (exact) mass is 422 g/mol. The van der Waals surface area contributed by atoms with Crippen molar-refractivity contribution in [3.63, 3.8) is 0 Å². The molecule has 0 radical (unpaired) electrons. The molecule has 0 N–H and O–H groups in total. The van der Waals surface area contributed by atoms with E-state index >= 15 is 0 Å². The van der Waals surface area contributed by atoms with Crippen LogP contribution in [0.15, 0.2) is 42.5 Å². The number of aromatic nitrogens is 1. The third-order valence-electron chi connectivity index (χ3n) is 5.17. The topological polar surface area (TPSA) is 79.6 Å². The van der Waals surface area contributed by atoms with Crippen LogP contribution in [0.5, 0.6) is 0 Å². The molecule has 3 aromatic rings. The van der Waals surface area contributed by atoms with E-state index in [0.29, 0.717) is 18.7 Å². The van der Waals surface area contributed by atoms with Gasteiger partial charge in [-0.1, -0.05) is 29.5 Å². The fourth-order valence-electron chi connectivity index (χ4n) is 3.63. The molecule has 7 nitrogen and oxygen atoms in total. The van der Waals surface area contributed by atoms with Crippen LogP contribution >= 0.6 is 11.3 Å². The highest BCUT2D eigenvalue weighted by atomic mass is 32.1. The van der Waals surface area contributed by atoms with Gasteiger partial charge >= 0.3 is 0 Å². The number of fused-ring (bicyclic) bond motifs is 1. The van der Waals surface area contributed by atoms with Gasteiger partial charge in [0.05, 0.1) is 15.1 Å². The zero-order valence-corrected chi connectivity index (χ0v) is 17.7. The number of aryl methyl sites for hydroxylation is 2. The number of rotatable bonds is 4. The van der Waals surface area contributed by atoms with Gasteiger partial charge in [0.15, 0.2) is 5.13 Å². The van der Waals surface area contributed by atoms with Crippen molar-refractivity contribution in [3.8, 4) is 0 Å². The number of piperazine rings is 1. The Hall–Kier alpha value is -3.26. The summed E-state index contributed by atoms with van der Waals surface area (Å²) in [6.07, 6.45) is 3.11. The number of thiazole rings is 1. The van der Waals surface area contributed by atoms with E-state index in [1.54, 1.807) is 34.4 Å². The molecule has 1 aliphatic rings. The van der Waals surface area contributed by atoms with Gasteiger partial charge in [-0.05, 0) is 42.7 Å². The Morgan fingerprint density at radius 1 is 1.17 bits per heavy atom. The van der Waals surface area contributed by atoms with Gasteiger partial charge in [-0.15, -0.1) is 0 Å². The SMILES string of the molecule is Cc1cc(C)c2sc(N3CCN(C(=O)/C=C/c4cccc([N+](=O)[O-])c4)CC3)nc2c1. The molecule has 30 heavy (non-hydrogen) atoms. The standard InChI is InChI=1S/C22H22N4O3S/c1-15-12-16(2)21-19(13-15)23-22(30-21)25-10-8-24(9-11-25)20(27)7-6-17-4-3-5-18(14-17)26(28)29/h3-7,12-14H,8-11H2,1-2H3/b7-6+. The van der Waals surface area contributed by atoms with Crippen LogP contribution in [0.25, 0.3) is 16.3 Å². The van der Waals surface area contributed by atoms with Gasteiger partial charge in [-0.3, -0.25) is 14.9 Å². The van der Waals surface area contributed by atoms with Crippen LogP contribution in [0.4, 0.5) is 10.8 Å². The van der Waals surface area contributed by atoms with E-state index in [2.05, 4.69) is 30.9 Å². The molecule has 8 heteroatoms. The van der Waals surface area contributed by atoms with Crippen molar-refractivity contribution in [1.29, 1.82) is 0 Å². The lowest BCUT2D eigenvalue weighted by Gasteiger charge is -2.34. The predicted molar refractivity (Wildman–Crippen MR) is 120 cm³/mol. The lowest BCUT2D eigenvalue weighted by molar-refractivity contribution is -0.384. The Bertz CT molecular complexity index is 1150. The molecule has 1 fully saturated rings. The average molecular weight is 423 g/mol. The average Bonchev–Trinajstić information content (AvgIpc) is 3.17. The minimum atomic E-state index is -0.441. The van der Waals surface area contributed by atoms with Crippen molar-refractivity contribution in [2.45, 2.75) is 13.8 Å². The molecule has 0 aliphatic carbocycles. The summed E-state index contributed by atoms with van der Waals surface area (Å²) >= 11 is 1.70. The molecular formula is C22H22N4O3S. The van der Waals surface area contributed by atoms with Crippen molar-refractivity contribution < 1.29 is 9.72 Å². The first kappa shape index (κ1) is 20.0. The fraction of sp³-hybridized carbons (Fsp3) is 0.273. The number of nitro groups is 1. The molecule has 0 atom stereocenters. The minimum absolute atomic E-state index is 0.0134. The first-order chi connectivity index (χ1) is 14.4. The lowest BCUT2D eigenvalue weighted by Crippen LogP contribution is -2.48. The van der Waals surface area contributed by atoms with E-state index in [0.717, 1.165) is 23.7 Å². The van der Waals surface area contributed by atoms with Crippen molar-refractivity contribution in [3.05, 3.63) is 69.3 Å². The van der Waals surface area contributed by atoms with Gasteiger partial charge in [0.1, 0.15) is 0 Å². The highest BCUT2D eigenvalue weighted by Crippen LogP contribution is 2.32. The second kappa shape index (κ2) is 8.23. The third-order valence-corrected chi connectivity index (χ3v) is 6.44. The Kier molecular flexibility index (Phi) is 5.50. The molecule has 154 valence electrons. The van der Waals surface area contributed by atoms with E-state index in [9.17, 15) is 14.9 Å². The molecule has 1 amide bonds. The van der Waals surface area contributed by atoms with Gasteiger partial charge in [-0.2, -0.15) is 0 Å². The summed E-state index contributed by atoms with van der Waals surface area (Å²) in [4.78, 5) is 31.8. The van der Waals surface area contributed by atoms with Crippen molar-refractivity contribution in [2.24, 2.45) is 0 Å². The molecule has 2 aromatic carbocycles. The minimum Gasteiger partial charge on any atom is -0.345 e. The molecule has 1 aromatic heterocycles. The number of hydrogen-bond donors (Lipinski definition) is 0. The van der Waals surface area contributed by atoms with Crippen LogP contribution in [-0.4, -0.2) is 46.9 Å². The summed E-state index contributed by atoms with van der Waals surface area (Å²) in [6.45, 7) is 6.89. The number of nitrogens with zero attached hydrogens (tertiary/aromatic N) is 4. The summed E-state index contributed by atoms with van der Waals surface area (Å²) < 4.78 is 1.22. The molecule has 2 heterocycles. The molecule has 0 unspecified atom stereocenters. The van der Waals surface area contributed by atoms with E-state index in [1.807, 2.05) is 0 Å². The van der Waals surface area contributed by atoms with Crippen molar-refractivity contribution in [1.82, 2.24) is 9.88 Å². The van der Waals surface area contributed by atoms with E-state index in [1.165, 1.54) is 34.0 Å². The number of carbonyl (C=O) groups is 1. The van der Waals surface area contributed by atoms with Gasteiger partial charge in [-0.25, -0.2) is 4.98 Å². The lowest BCUT2D eigenvalue weighted by atomic mass is 10.1. The fourth-order valence-corrected chi connectivity index (χ4v) is 4.70.